The predicted octanol–water partition coefficient (Wildman–Crippen LogP) is 4.80. The molecule has 0 amide bonds. The second kappa shape index (κ2) is 6.70. The number of hydrogen-bond acceptors (Lipinski definition) is 5. The summed E-state index contributed by atoms with van der Waals surface area (Å²) < 4.78 is 17.3. The summed E-state index contributed by atoms with van der Waals surface area (Å²) in [5, 5.41) is 16.2. The van der Waals surface area contributed by atoms with E-state index in [0.717, 1.165) is 28.8 Å². The van der Waals surface area contributed by atoms with Gasteiger partial charge in [-0.15, -0.1) is 0 Å². The first-order valence-electron chi connectivity index (χ1n) is 10.7. The summed E-state index contributed by atoms with van der Waals surface area (Å²) in [5.74, 6) is -0.259. The molecule has 6 nitrogen and oxygen atoms in total. The van der Waals surface area contributed by atoms with E-state index in [0.29, 0.717) is 24.0 Å². The van der Waals surface area contributed by atoms with Gasteiger partial charge in [0, 0.05) is 47.6 Å². The van der Waals surface area contributed by atoms with Gasteiger partial charge in [0.05, 0.1) is 17.8 Å². The number of carbonyl (C=O) groups is 1. The number of aryl methyl sites for hydroxylation is 1. The van der Waals surface area contributed by atoms with Crippen LogP contribution >= 0.6 is 0 Å². The number of nitrogens with one attached hydrogen (secondary N) is 1. The van der Waals surface area contributed by atoms with Gasteiger partial charge in [-0.1, -0.05) is 26.8 Å². The van der Waals surface area contributed by atoms with Gasteiger partial charge in [0.25, 0.3) is 0 Å². The fourth-order valence-corrected chi connectivity index (χ4v) is 5.46. The van der Waals surface area contributed by atoms with Crippen molar-refractivity contribution >= 4 is 5.78 Å². The lowest BCUT2D eigenvalue weighted by atomic mass is 9.58. The summed E-state index contributed by atoms with van der Waals surface area (Å²) in [6.07, 6.45) is 6.69. The van der Waals surface area contributed by atoms with E-state index in [4.69, 9.17) is 0 Å². The highest BCUT2D eigenvalue weighted by Crippen LogP contribution is 2.54. The first kappa shape index (κ1) is 19.8. The molecular weight excluding hydrogens is 393 g/mol. The molecule has 1 N–H and O–H groups in total. The molecule has 2 aromatic rings. The Kier molecular flexibility index (Phi) is 4.29. The molecule has 0 fully saturated rings. The zero-order valence-electron chi connectivity index (χ0n) is 18.2. The quantitative estimate of drug-likeness (QED) is 0.777. The number of carbonyl (C=O) groups excluding carboxylic acids is 1. The van der Waals surface area contributed by atoms with Crippen molar-refractivity contribution in [2.45, 2.75) is 51.6 Å². The van der Waals surface area contributed by atoms with E-state index in [-0.39, 0.29) is 23.2 Å². The van der Waals surface area contributed by atoms with Crippen LogP contribution in [0.2, 0.25) is 0 Å². The SMILES string of the molecule is CC[C@@]1(c2cc(-c3cnn(C)c3)ccc2F)C2=CN=NC2NC2=C1C(=O)CC(C)(C)C2. The summed E-state index contributed by atoms with van der Waals surface area (Å²) in [6.45, 7) is 6.19. The molecule has 1 aromatic heterocycles. The lowest BCUT2D eigenvalue weighted by Gasteiger charge is -2.47. The van der Waals surface area contributed by atoms with E-state index >= 15 is 4.39 Å². The molecule has 0 saturated heterocycles. The molecular formula is C24H26FN5O. The second-order valence-corrected chi connectivity index (χ2v) is 9.51. The summed E-state index contributed by atoms with van der Waals surface area (Å²) >= 11 is 0. The lowest BCUT2D eigenvalue weighted by molar-refractivity contribution is -0.119. The maximum Gasteiger partial charge on any atom is 0.164 e. The van der Waals surface area contributed by atoms with Gasteiger partial charge >= 0.3 is 0 Å². The third-order valence-electron chi connectivity index (χ3n) is 6.77. The summed E-state index contributed by atoms with van der Waals surface area (Å²) in [4.78, 5) is 13.5. The third-order valence-corrected chi connectivity index (χ3v) is 6.77. The van der Waals surface area contributed by atoms with Gasteiger partial charge in [-0.3, -0.25) is 9.48 Å². The van der Waals surface area contributed by atoms with Crippen molar-refractivity contribution in [2.24, 2.45) is 22.7 Å². The number of halogens is 1. The van der Waals surface area contributed by atoms with Crippen LogP contribution in [0.3, 0.4) is 0 Å². The molecule has 2 aliphatic heterocycles. The number of Topliss-reactive ketones (excluding diaryl/α,β-unsaturated/α-hetero) is 1. The first-order valence-corrected chi connectivity index (χ1v) is 10.7. The first-order chi connectivity index (χ1) is 14.7. The number of fused-ring (bicyclic) bond motifs is 1. The van der Waals surface area contributed by atoms with Crippen molar-refractivity contribution in [1.29, 1.82) is 0 Å². The number of aromatic nitrogens is 2. The standard InChI is InChI=1S/C24H26FN5O/c1-5-24(16-8-14(6-7-18(16)25)15-11-27-30(4)13-15)17-12-26-29-22(17)28-19-9-23(2,3)10-20(31)21(19)24/h6-8,11-13,22,28H,5,9-10H2,1-4H3/t22?,24-/m1/s1. The summed E-state index contributed by atoms with van der Waals surface area (Å²) in [6, 6.07) is 5.12. The number of rotatable bonds is 3. The van der Waals surface area contributed by atoms with Crippen molar-refractivity contribution in [3.8, 4) is 11.1 Å². The topological polar surface area (TPSA) is 71.6 Å². The van der Waals surface area contributed by atoms with Gasteiger partial charge in [0.1, 0.15) is 5.82 Å². The van der Waals surface area contributed by atoms with Crippen LogP contribution in [0.1, 0.15) is 45.6 Å². The van der Waals surface area contributed by atoms with Crippen molar-refractivity contribution in [1.82, 2.24) is 15.1 Å². The van der Waals surface area contributed by atoms with Gasteiger partial charge in [-0.2, -0.15) is 15.3 Å². The fourth-order valence-electron chi connectivity index (χ4n) is 5.46. The minimum atomic E-state index is -0.898. The Labute approximate surface area is 180 Å². The maximum absolute atomic E-state index is 15.5. The number of hydrogen-bond donors (Lipinski definition) is 1. The number of nitrogens with zero attached hydrogens (tertiary/aromatic N) is 4. The molecule has 1 aliphatic carbocycles. The molecule has 0 saturated carbocycles. The van der Waals surface area contributed by atoms with E-state index in [1.54, 1.807) is 23.1 Å². The second-order valence-electron chi connectivity index (χ2n) is 9.51. The van der Waals surface area contributed by atoms with E-state index in [1.807, 2.05) is 26.2 Å². The van der Waals surface area contributed by atoms with Crippen LogP contribution in [0.4, 0.5) is 4.39 Å². The van der Waals surface area contributed by atoms with Gasteiger partial charge in [0.2, 0.25) is 0 Å². The number of benzene rings is 1. The van der Waals surface area contributed by atoms with Crippen molar-refractivity contribution in [3.63, 3.8) is 0 Å². The average molecular weight is 420 g/mol. The molecule has 160 valence electrons. The highest BCUT2D eigenvalue weighted by atomic mass is 19.1. The molecule has 7 heteroatoms. The minimum absolute atomic E-state index is 0.0676. The molecule has 1 aromatic carbocycles. The van der Waals surface area contributed by atoms with E-state index in [9.17, 15) is 4.79 Å². The van der Waals surface area contributed by atoms with Crippen LogP contribution in [-0.4, -0.2) is 21.7 Å². The molecule has 5 rings (SSSR count). The largest absolute Gasteiger partial charge is 0.362 e. The van der Waals surface area contributed by atoms with Crippen LogP contribution in [0.25, 0.3) is 11.1 Å². The van der Waals surface area contributed by atoms with Crippen LogP contribution < -0.4 is 5.32 Å². The Balaban J connectivity index is 1.78. The van der Waals surface area contributed by atoms with Crippen LogP contribution in [-0.2, 0) is 17.3 Å². The highest BCUT2D eigenvalue weighted by Gasteiger charge is 2.53. The van der Waals surface area contributed by atoms with E-state index in [2.05, 4.69) is 34.5 Å². The summed E-state index contributed by atoms with van der Waals surface area (Å²) in [5.41, 5.74) is 3.60. The monoisotopic (exact) mass is 419 g/mol. The Hall–Kier alpha value is -3.09. The van der Waals surface area contributed by atoms with Crippen LogP contribution in [0.15, 0.2) is 63.9 Å². The van der Waals surface area contributed by atoms with Gasteiger partial charge in [-0.05, 0) is 36.0 Å². The zero-order valence-corrected chi connectivity index (χ0v) is 18.2. The van der Waals surface area contributed by atoms with Gasteiger partial charge in [-0.25, -0.2) is 4.39 Å². The Morgan fingerprint density at radius 2 is 2.06 bits per heavy atom. The Morgan fingerprint density at radius 1 is 1.26 bits per heavy atom. The maximum atomic E-state index is 15.5. The normalized spacial score (nSPS) is 26.4. The number of allylic oxidation sites excluding steroid dienone is 2. The molecule has 0 spiro atoms. The number of ketones is 1. The molecule has 0 bridgehead atoms. The smallest absolute Gasteiger partial charge is 0.164 e. The predicted molar refractivity (Wildman–Crippen MR) is 115 cm³/mol. The van der Waals surface area contributed by atoms with E-state index in [1.165, 1.54) is 6.07 Å². The molecule has 3 heterocycles. The Morgan fingerprint density at radius 3 is 2.77 bits per heavy atom. The molecule has 3 aliphatic rings. The summed E-state index contributed by atoms with van der Waals surface area (Å²) in [7, 11) is 1.85. The molecule has 2 atom stereocenters. The third kappa shape index (κ3) is 2.90. The van der Waals surface area contributed by atoms with Crippen molar-refractivity contribution in [3.05, 3.63) is 65.0 Å². The minimum Gasteiger partial charge on any atom is -0.362 e. The Bertz CT molecular complexity index is 1190. The lowest BCUT2D eigenvalue weighted by Crippen LogP contribution is -2.51. The van der Waals surface area contributed by atoms with Crippen LogP contribution in [0.5, 0.6) is 0 Å². The van der Waals surface area contributed by atoms with Gasteiger partial charge in [0.15, 0.2) is 11.9 Å². The van der Waals surface area contributed by atoms with Crippen molar-refractivity contribution in [2.75, 3.05) is 0 Å². The number of azo groups is 1. The molecule has 0 radical (unpaired) electrons. The van der Waals surface area contributed by atoms with Crippen molar-refractivity contribution < 1.29 is 9.18 Å². The van der Waals surface area contributed by atoms with Crippen LogP contribution in [0, 0.1) is 11.2 Å². The fraction of sp³-hybridized carbons (Fsp3) is 0.417. The molecule has 31 heavy (non-hydrogen) atoms. The molecule has 1 unspecified atom stereocenters. The highest BCUT2D eigenvalue weighted by molar-refractivity contribution is 6.01. The zero-order chi connectivity index (χ0) is 22.0. The van der Waals surface area contributed by atoms with Gasteiger partial charge < -0.3 is 5.32 Å². The van der Waals surface area contributed by atoms with E-state index < -0.39 is 5.41 Å². The average Bonchev–Trinajstić information content (AvgIpc) is 3.35.